The molecule has 2 heterocycles. The van der Waals surface area contributed by atoms with Gasteiger partial charge < -0.3 is 4.90 Å². The number of benzene rings is 1. The van der Waals surface area contributed by atoms with Crippen LogP contribution >= 0.6 is 0 Å². The summed E-state index contributed by atoms with van der Waals surface area (Å²) < 4.78 is 0. The van der Waals surface area contributed by atoms with Crippen LogP contribution in [0.4, 0.5) is 5.69 Å². The van der Waals surface area contributed by atoms with Crippen LogP contribution in [-0.4, -0.2) is 23.7 Å². The van der Waals surface area contributed by atoms with E-state index in [1.165, 1.54) is 40.7 Å². The molecule has 2 heteroatoms. The molecule has 0 amide bonds. The number of hydrogen-bond acceptors (Lipinski definition) is 2. The summed E-state index contributed by atoms with van der Waals surface area (Å²) in [7, 11) is 0. The standard InChI is InChI=1S/C27H34N2/c1-7-8-9-23(19(2)3)16-21(5)26-18-25-11-10-24(17-27(25)28-26)22(6)29-14-12-20(4)13-15-29/h7-11,16-17,20H,1,6,12-15,18H2,2-5H3/b9-8-,21-16+. The Morgan fingerprint density at radius 3 is 2.55 bits per heavy atom. The predicted molar refractivity (Wildman–Crippen MR) is 128 cm³/mol. The fourth-order valence-electron chi connectivity index (χ4n) is 3.90. The van der Waals surface area contributed by atoms with E-state index in [4.69, 9.17) is 4.99 Å². The van der Waals surface area contributed by atoms with Crippen LogP contribution in [0, 0.1) is 5.92 Å². The predicted octanol–water partition coefficient (Wildman–Crippen LogP) is 7.04. The summed E-state index contributed by atoms with van der Waals surface area (Å²) in [4.78, 5) is 7.40. The number of hydrogen-bond donors (Lipinski definition) is 0. The number of likely N-dealkylation sites (tertiary alicyclic amines) is 1. The normalized spacial score (nSPS) is 17.3. The lowest BCUT2D eigenvalue weighted by Gasteiger charge is -2.33. The first-order chi connectivity index (χ1) is 13.9. The highest BCUT2D eigenvalue weighted by molar-refractivity contribution is 6.06. The molecule has 2 aliphatic heterocycles. The van der Waals surface area contributed by atoms with E-state index in [0.29, 0.717) is 0 Å². The molecule has 0 N–H and O–H groups in total. The maximum atomic E-state index is 4.97. The average molecular weight is 387 g/mol. The average Bonchev–Trinajstić information content (AvgIpc) is 3.14. The summed E-state index contributed by atoms with van der Waals surface area (Å²) in [5.74, 6) is 0.827. The van der Waals surface area contributed by atoms with Crippen LogP contribution in [0.1, 0.15) is 51.7 Å². The van der Waals surface area contributed by atoms with Crippen LogP contribution in [0.2, 0.25) is 0 Å². The Morgan fingerprint density at radius 1 is 1.17 bits per heavy atom. The maximum absolute atomic E-state index is 4.97. The van der Waals surface area contributed by atoms with Gasteiger partial charge in [-0.2, -0.15) is 0 Å². The van der Waals surface area contributed by atoms with Gasteiger partial charge in [0.1, 0.15) is 0 Å². The second-order valence-electron chi connectivity index (χ2n) is 8.57. The highest BCUT2D eigenvalue weighted by Crippen LogP contribution is 2.33. The van der Waals surface area contributed by atoms with Crippen LogP contribution in [0.5, 0.6) is 0 Å². The maximum Gasteiger partial charge on any atom is 0.0675 e. The van der Waals surface area contributed by atoms with Crippen molar-refractivity contribution in [2.24, 2.45) is 10.9 Å². The molecule has 0 aromatic heterocycles. The molecule has 29 heavy (non-hydrogen) atoms. The first-order valence-corrected chi connectivity index (χ1v) is 10.7. The Labute approximate surface area is 176 Å². The molecule has 0 unspecified atom stereocenters. The lowest BCUT2D eigenvalue weighted by molar-refractivity contribution is 0.268. The second-order valence-corrected chi connectivity index (χ2v) is 8.57. The number of nitrogens with zero attached hydrogens (tertiary/aromatic N) is 2. The fourth-order valence-corrected chi connectivity index (χ4v) is 3.90. The van der Waals surface area contributed by atoms with Crippen molar-refractivity contribution in [2.45, 2.75) is 47.0 Å². The number of aliphatic imine (C=N–C) groups is 1. The molecule has 0 radical (unpaired) electrons. The van der Waals surface area contributed by atoms with Crippen LogP contribution in [0.3, 0.4) is 0 Å². The van der Waals surface area contributed by atoms with Gasteiger partial charge in [-0.3, -0.25) is 4.99 Å². The van der Waals surface area contributed by atoms with E-state index in [0.717, 1.165) is 42.5 Å². The van der Waals surface area contributed by atoms with E-state index in [1.807, 2.05) is 12.2 Å². The third-order valence-corrected chi connectivity index (χ3v) is 6.01. The molecule has 0 aliphatic carbocycles. The topological polar surface area (TPSA) is 15.6 Å². The lowest BCUT2D eigenvalue weighted by atomic mass is 9.97. The summed E-state index contributed by atoms with van der Waals surface area (Å²) >= 11 is 0. The number of piperidine rings is 1. The van der Waals surface area contributed by atoms with Crippen molar-refractivity contribution in [1.82, 2.24) is 4.90 Å². The minimum atomic E-state index is 0.827. The van der Waals surface area contributed by atoms with E-state index in [1.54, 1.807) is 0 Å². The molecule has 1 aromatic rings. The Bertz CT molecular complexity index is 912. The first kappa shape index (κ1) is 21.1. The van der Waals surface area contributed by atoms with E-state index in [9.17, 15) is 0 Å². The second kappa shape index (κ2) is 9.26. The zero-order chi connectivity index (χ0) is 21.0. The lowest BCUT2D eigenvalue weighted by Crippen LogP contribution is -2.31. The largest absolute Gasteiger partial charge is 0.372 e. The Hall–Kier alpha value is -2.61. The van der Waals surface area contributed by atoms with Crippen molar-refractivity contribution in [3.05, 3.63) is 83.5 Å². The van der Waals surface area contributed by atoms with Gasteiger partial charge in [-0.1, -0.05) is 62.1 Å². The monoisotopic (exact) mass is 386 g/mol. The summed E-state index contributed by atoms with van der Waals surface area (Å²) in [6.45, 7) is 19.1. The quantitative estimate of drug-likeness (QED) is 0.479. The fraction of sp³-hybridized carbons (Fsp3) is 0.370. The Balaban J connectivity index is 1.80. The molecule has 2 nitrogen and oxygen atoms in total. The SMILES string of the molecule is C=C/C=C\C(/C=C(\C)C1=Nc2cc(C(=C)N3CCC(C)CC3)ccc2C1)=C(C)C. The highest BCUT2D eigenvalue weighted by atomic mass is 15.1. The van der Waals surface area contributed by atoms with E-state index < -0.39 is 0 Å². The van der Waals surface area contributed by atoms with Gasteiger partial charge in [0.15, 0.2) is 0 Å². The molecular weight excluding hydrogens is 352 g/mol. The molecule has 3 rings (SSSR count). The molecule has 2 aliphatic rings. The number of fused-ring (bicyclic) bond motifs is 1. The minimum absolute atomic E-state index is 0.827. The van der Waals surface area contributed by atoms with Crippen molar-refractivity contribution in [3.8, 4) is 0 Å². The van der Waals surface area contributed by atoms with Gasteiger partial charge in [-0.25, -0.2) is 0 Å². The Kier molecular flexibility index (Phi) is 6.74. The van der Waals surface area contributed by atoms with Crippen LogP contribution in [0.15, 0.2) is 77.4 Å². The molecule has 0 spiro atoms. The third kappa shape index (κ3) is 5.06. The molecular formula is C27H34N2. The summed E-state index contributed by atoms with van der Waals surface area (Å²) in [5.41, 5.74) is 9.61. The summed E-state index contributed by atoms with van der Waals surface area (Å²) in [6, 6.07) is 6.66. The van der Waals surface area contributed by atoms with Gasteiger partial charge >= 0.3 is 0 Å². The van der Waals surface area contributed by atoms with E-state index in [-0.39, 0.29) is 0 Å². The van der Waals surface area contributed by atoms with Gasteiger partial charge in [0.2, 0.25) is 0 Å². The summed E-state index contributed by atoms with van der Waals surface area (Å²) in [6.07, 6.45) is 11.5. The van der Waals surface area contributed by atoms with Crippen molar-refractivity contribution in [3.63, 3.8) is 0 Å². The van der Waals surface area contributed by atoms with E-state index >= 15 is 0 Å². The smallest absolute Gasteiger partial charge is 0.0675 e. The van der Waals surface area contributed by atoms with Crippen molar-refractivity contribution >= 4 is 17.1 Å². The van der Waals surface area contributed by atoms with Crippen LogP contribution in [0.25, 0.3) is 5.70 Å². The van der Waals surface area contributed by atoms with Crippen molar-refractivity contribution < 1.29 is 0 Å². The zero-order valence-electron chi connectivity index (χ0n) is 18.5. The van der Waals surface area contributed by atoms with Gasteiger partial charge in [-0.05, 0) is 67.9 Å². The molecule has 0 atom stereocenters. The number of allylic oxidation sites excluding steroid dienone is 7. The molecule has 0 bridgehead atoms. The first-order valence-electron chi connectivity index (χ1n) is 10.7. The van der Waals surface area contributed by atoms with Crippen LogP contribution in [-0.2, 0) is 6.42 Å². The van der Waals surface area contributed by atoms with Crippen LogP contribution < -0.4 is 0 Å². The van der Waals surface area contributed by atoms with E-state index in [2.05, 4.69) is 76.1 Å². The summed E-state index contributed by atoms with van der Waals surface area (Å²) in [5, 5.41) is 0. The van der Waals surface area contributed by atoms with Gasteiger partial charge in [0.05, 0.1) is 5.69 Å². The molecule has 1 fully saturated rings. The zero-order valence-corrected chi connectivity index (χ0v) is 18.5. The molecule has 1 aromatic carbocycles. The molecule has 1 saturated heterocycles. The van der Waals surface area contributed by atoms with Gasteiger partial charge in [0.25, 0.3) is 0 Å². The minimum Gasteiger partial charge on any atom is -0.372 e. The Morgan fingerprint density at radius 2 is 1.90 bits per heavy atom. The highest BCUT2D eigenvalue weighted by Gasteiger charge is 2.20. The third-order valence-electron chi connectivity index (χ3n) is 6.01. The van der Waals surface area contributed by atoms with Gasteiger partial charge in [-0.15, -0.1) is 0 Å². The molecule has 152 valence electrons. The van der Waals surface area contributed by atoms with Gasteiger partial charge in [0, 0.05) is 30.9 Å². The van der Waals surface area contributed by atoms with Crippen molar-refractivity contribution in [2.75, 3.05) is 13.1 Å². The molecule has 0 saturated carbocycles. The van der Waals surface area contributed by atoms with Crippen molar-refractivity contribution in [1.29, 1.82) is 0 Å². The number of rotatable bonds is 6.